The molecule has 0 fully saturated rings. The predicted octanol–water partition coefficient (Wildman–Crippen LogP) is 3.82. The Morgan fingerprint density at radius 3 is 2.41 bits per heavy atom. The summed E-state index contributed by atoms with van der Waals surface area (Å²) < 4.78 is 4.71. The van der Waals surface area contributed by atoms with Gasteiger partial charge in [-0.15, -0.1) is 6.42 Å². The molecular weight excluding hydrogens is 362 g/mol. The molecule has 0 saturated heterocycles. The molecule has 1 amide bonds. The second-order valence-electron chi connectivity index (χ2n) is 5.96. The van der Waals surface area contributed by atoms with E-state index in [1.165, 1.54) is 17.6 Å². The van der Waals surface area contributed by atoms with Gasteiger partial charge in [0.15, 0.2) is 0 Å². The minimum atomic E-state index is -0.689. The van der Waals surface area contributed by atoms with Crippen LogP contribution in [0.25, 0.3) is 0 Å². The van der Waals surface area contributed by atoms with Gasteiger partial charge in [0.1, 0.15) is 6.04 Å². The van der Waals surface area contributed by atoms with Gasteiger partial charge < -0.3 is 9.64 Å². The van der Waals surface area contributed by atoms with Crippen molar-refractivity contribution in [2.75, 3.05) is 13.7 Å². The third-order valence-electron chi connectivity index (χ3n) is 3.88. The molecule has 1 atom stereocenters. The fourth-order valence-corrected chi connectivity index (χ4v) is 2.57. The molecule has 27 heavy (non-hydrogen) atoms. The molecule has 0 radical (unpaired) electrons. The zero-order valence-corrected chi connectivity index (χ0v) is 16.6. The summed E-state index contributed by atoms with van der Waals surface area (Å²) in [4.78, 5) is 23.9. The lowest BCUT2D eigenvalue weighted by Crippen LogP contribution is -2.42. The molecule has 0 aliphatic heterocycles. The number of benzene rings is 2. The van der Waals surface area contributed by atoms with Gasteiger partial charge in [0.2, 0.25) is 6.41 Å². The van der Waals surface area contributed by atoms with Gasteiger partial charge in [-0.1, -0.05) is 60.0 Å². The first-order chi connectivity index (χ1) is 12.9. The number of hydrogen-bond donors (Lipinski definition) is 0. The Hall–Kier alpha value is -2.77. The molecule has 0 N–H and O–H groups in total. The molecule has 0 heterocycles. The van der Waals surface area contributed by atoms with E-state index in [4.69, 9.17) is 22.8 Å². The summed E-state index contributed by atoms with van der Waals surface area (Å²) in [5.74, 6) is 1.88. The number of nitrogens with zero attached hydrogens (tertiary/aromatic N) is 1. The van der Waals surface area contributed by atoms with Crippen LogP contribution in [0.15, 0.2) is 48.5 Å². The predicted molar refractivity (Wildman–Crippen MR) is 108 cm³/mol. The number of rotatable bonds is 6. The van der Waals surface area contributed by atoms with E-state index in [2.05, 4.69) is 12.0 Å². The SMILES string of the molecule is C#CCN(C=O)[C@@H](Cc1ccccc1)C(=O)OC.Cc1ccc(C)c(Cl)c1. The van der Waals surface area contributed by atoms with Crippen molar-refractivity contribution < 1.29 is 14.3 Å². The van der Waals surface area contributed by atoms with Gasteiger partial charge in [-0.2, -0.15) is 0 Å². The Morgan fingerprint density at radius 1 is 1.26 bits per heavy atom. The summed E-state index contributed by atoms with van der Waals surface area (Å²) >= 11 is 5.81. The topological polar surface area (TPSA) is 46.6 Å². The van der Waals surface area contributed by atoms with Crippen LogP contribution < -0.4 is 0 Å². The fourth-order valence-electron chi connectivity index (χ4n) is 2.33. The van der Waals surface area contributed by atoms with Crippen molar-refractivity contribution in [3.63, 3.8) is 0 Å². The van der Waals surface area contributed by atoms with Crippen LogP contribution >= 0.6 is 11.6 Å². The average molecular weight is 386 g/mol. The van der Waals surface area contributed by atoms with E-state index in [1.807, 2.05) is 56.3 Å². The highest BCUT2D eigenvalue weighted by atomic mass is 35.5. The monoisotopic (exact) mass is 385 g/mol. The van der Waals surface area contributed by atoms with Crippen molar-refractivity contribution >= 4 is 24.0 Å². The Labute approximate surface area is 166 Å². The normalized spacial score (nSPS) is 10.6. The fraction of sp³-hybridized carbons (Fsp3) is 0.273. The highest BCUT2D eigenvalue weighted by Crippen LogP contribution is 2.15. The standard InChI is InChI=1S/C14H15NO3.C8H9Cl/c1-3-9-15(11-16)13(14(17)18-2)10-12-7-5-4-6-8-12;1-6-3-4-7(2)8(9)5-6/h1,4-8,11,13H,9-10H2,2H3;3-5H,1-2H3/t13-;/m0./s1. The van der Waals surface area contributed by atoms with Crippen LogP contribution in [0, 0.1) is 26.2 Å². The van der Waals surface area contributed by atoms with E-state index >= 15 is 0 Å². The van der Waals surface area contributed by atoms with Crippen molar-refractivity contribution in [3.05, 3.63) is 70.2 Å². The van der Waals surface area contributed by atoms with E-state index in [-0.39, 0.29) is 6.54 Å². The number of amides is 1. The summed E-state index contributed by atoms with van der Waals surface area (Å²) in [5, 5.41) is 0.856. The molecule has 5 heteroatoms. The number of esters is 1. The van der Waals surface area contributed by atoms with E-state index in [1.54, 1.807) is 0 Å². The van der Waals surface area contributed by atoms with Gasteiger partial charge in [0.25, 0.3) is 0 Å². The number of halogens is 1. The van der Waals surface area contributed by atoms with Crippen molar-refractivity contribution in [3.8, 4) is 12.3 Å². The van der Waals surface area contributed by atoms with Gasteiger partial charge in [-0.3, -0.25) is 4.79 Å². The van der Waals surface area contributed by atoms with Crippen LogP contribution in [-0.4, -0.2) is 37.0 Å². The zero-order chi connectivity index (χ0) is 20.2. The minimum Gasteiger partial charge on any atom is -0.467 e. The van der Waals surface area contributed by atoms with Crippen molar-refractivity contribution in [2.45, 2.75) is 26.3 Å². The number of methoxy groups -OCH3 is 1. The Morgan fingerprint density at radius 2 is 1.93 bits per heavy atom. The van der Waals surface area contributed by atoms with Gasteiger partial charge >= 0.3 is 5.97 Å². The molecule has 142 valence electrons. The quantitative estimate of drug-likeness (QED) is 0.431. The molecule has 0 aliphatic carbocycles. The van der Waals surface area contributed by atoms with E-state index < -0.39 is 12.0 Å². The molecule has 0 aromatic heterocycles. The molecule has 0 saturated carbocycles. The molecule has 2 aromatic carbocycles. The third kappa shape index (κ3) is 7.55. The second-order valence-corrected chi connectivity index (χ2v) is 6.37. The maximum Gasteiger partial charge on any atom is 0.328 e. The van der Waals surface area contributed by atoms with E-state index in [0.29, 0.717) is 12.8 Å². The van der Waals surface area contributed by atoms with Crippen LogP contribution in [-0.2, 0) is 20.7 Å². The number of ether oxygens (including phenoxy) is 1. The summed E-state index contributed by atoms with van der Waals surface area (Å²) in [5.41, 5.74) is 3.30. The van der Waals surface area contributed by atoms with Gasteiger partial charge in [-0.25, -0.2) is 4.79 Å². The summed E-state index contributed by atoms with van der Waals surface area (Å²) in [6.45, 7) is 4.11. The molecule has 0 unspecified atom stereocenters. The number of terminal acetylenes is 1. The van der Waals surface area contributed by atoms with Gasteiger partial charge in [0.05, 0.1) is 13.7 Å². The largest absolute Gasteiger partial charge is 0.467 e. The molecule has 0 bridgehead atoms. The third-order valence-corrected chi connectivity index (χ3v) is 4.29. The molecule has 0 spiro atoms. The zero-order valence-electron chi connectivity index (χ0n) is 15.8. The lowest BCUT2D eigenvalue weighted by atomic mass is 10.1. The van der Waals surface area contributed by atoms with Crippen LogP contribution in [0.4, 0.5) is 0 Å². The lowest BCUT2D eigenvalue weighted by molar-refractivity contribution is -0.149. The molecular formula is C22H24ClNO3. The number of carbonyl (C=O) groups excluding carboxylic acids is 2. The Bertz CT molecular complexity index is 784. The van der Waals surface area contributed by atoms with Crippen LogP contribution in [0.2, 0.25) is 5.02 Å². The first-order valence-corrected chi connectivity index (χ1v) is 8.79. The minimum absolute atomic E-state index is 0.0795. The number of carbonyl (C=O) groups is 2. The Balaban J connectivity index is 0.000000337. The van der Waals surface area contributed by atoms with Crippen molar-refractivity contribution in [2.24, 2.45) is 0 Å². The lowest BCUT2D eigenvalue weighted by Gasteiger charge is -2.24. The maximum atomic E-state index is 11.7. The van der Waals surface area contributed by atoms with Crippen LogP contribution in [0.5, 0.6) is 0 Å². The number of hydrogen-bond acceptors (Lipinski definition) is 3. The highest BCUT2D eigenvalue weighted by molar-refractivity contribution is 6.31. The molecule has 2 aromatic rings. The van der Waals surface area contributed by atoms with Gasteiger partial charge in [-0.05, 0) is 36.6 Å². The molecule has 4 nitrogen and oxygen atoms in total. The first kappa shape index (κ1) is 22.3. The highest BCUT2D eigenvalue weighted by Gasteiger charge is 2.25. The second kappa shape index (κ2) is 11.8. The smallest absolute Gasteiger partial charge is 0.328 e. The molecule has 0 aliphatic rings. The Kier molecular flexibility index (Phi) is 9.71. The summed E-state index contributed by atoms with van der Waals surface area (Å²) in [7, 11) is 1.29. The number of aryl methyl sites for hydroxylation is 2. The summed E-state index contributed by atoms with van der Waals surface area (Å²) in [6.07, 6.45) is 6.13. The van der Waals surface area contributed by atoms with Crippen molar-refractivity contribution in [1.29, 1.82) is 0 Å². The maximum absolute atomic E-state index is 11.7. The average Bonchev–Trinajstić information content (AvgIpc) is 2.68. The van der Waals surface area contributed by atoms with Crippen molar-refractivity contribution in [1.82, 2.24) is 4.90 Å². The van der Waals surface area contributed by atoms with Crippen LogP contribution in [0.3, 0.4) is 0 Å². The summed E-state index contributed by atoms with van der Waals surface area (Å²) in [6, 6.07) is 14.8. The van der Waals surface area contributed by atoms with Crippen LogP contribution in [0.1, 0.15) is 16.7 Å². The van der Waals surface area contributed by atoms with E-state index in [9.17, 15) is 9.59 Å². The van der Waals surface area contributed by atoms with Gasteiger partial charge in [0, 0.05) is 11.4 Å². The van der Waals surface area contributed by atoms with E-state index in [0.717, 1.165) is 16.1 Å². The molecule has 2 rings (SSSR count). The first-order valence-electron chi connectivity index (χ1n) is 8.42.